The number of hydrogen-bond donors (Lipinski definition) is 9. The zero-order valence-electron chi connectivity index (χ0n) is 24.9. The van der Waals surface area contributed by atoms with E-state index in [0.29, 0.717) is 6.07 Å². The molecule has 0 aliphatic heterocycles. The molecule has 51 heavy (non-hydrogen) atoms. The molecule has 0 amide bonds. The zero-order chi connectivity index (χ0) is 37.4. The van der Waals surface area contributed by atoms with E-state index in [4.69, 9.17) is 5.73 Å². The maximum atomic E-state index is 12.4. The number of carboxylic acid groups (broad SMARTS) is 3. The zero-order valence-corrected chi connectivity index (χ0v) is 26.6. The number of aromatic carboxylic acids is 3. The number of rotatable bonds is 11. The van der Waals surface area contributed by atoms with Crippen LogP contribution in [0.5, 0.6) is 5.75 Å². The van der Waals surface area contributed by atoms with Crippen LogP contribution in [0.15, 0.2) is 80.7 Å². The molecule has 0 saturated carbocycles. The highest BCUT2D eigenvalue weighted by Crippen LogP contribution is 2.45. The number of aromatic nitrogens is 3. The van der Waals surface area contributed by atoms with Crippen LogP contribution in [0.3, 0.4) is 0 Å². The fraction of sp³-hybridized carbons (Fsp3) is 0. The number of carboxylic acids is 3. The summed E-state index contributed by atoms with van der Waals surface area (Å²) in [5.74, 6) is -6.77. The molecule has 5 aromatic rings. The van der Waals surface area contributed by atoms with E-state index in [1.54, 1.807) is 0 Å². The van der Waals surface area contributed by atoms with E-state index in [1.165, 1.54) is 18.2 Å². The van der Waals surface area contributed by atoms with Crippen molar-refractivity contribution in [1.29, 1.82) is 0 Å². The van der Waals surface area contributed by atoms with Crippen LogP contribution in [0.4, 0.5) is 40.6 Å². The predicted octanol–water partition coefficient (Wildman–Crippen LogP) is 3.80. The Labute approximate surface area is 284 Å². The number of nitrogens with one attached hydrogen (secondary N) is 2. The fourth-order valence-corrected chi connectivity index (χ4v) is 5.75. The van der Waals surface area contributed by atoms with Gasteiger partial charge in [-0.15, -0.1) is 10.2 Å². The summed E-state index contributed by atoms with van der Waals surface area (Å²) in [7, 11) is -10.3. The second-order valence-corrected chi connectivity index (χ2v) is 12.9. The summed E-state index contributed by atoms with van der Waals surface area (Å²) < 4.78 is 68.9. The second-order valence-electron chi connectivity index (χ2n) is 10.1. The van der Waals surface area contributed by atoms with Crippen LogP contribution in [0.25, 0.3) is 10.8 Å². The fourth-order valence-electron chi connectivity index (χ4n) is 4.55. The highest BCUT2D eigenvalue weighted by Gasteiger charge is 2.26. The number of aromatic hydroxyl groups is 1. The molecule has 21 nitrogen and oxygen atoms in total. The first kappa shape index (κ1) is 35.5. The van der Waals surface area contributed by atoms with Crippen LogP contribution < -0.4 is 16.4 Å². The maximum absolute atomic E-state index is 12.4. The van der Waals surface area contributed by atoms with Crippen LogP contribution in [-0.2, 0) is 20.2 Å². The number of anilines is 5. The van der Waals surface area contributed by atoms with Gasteiger partial charge in [0.1, 0.15) is 16.3 Å². The Morgan fingerprint density at radius 1 is 0.725 bits per heavy atom. The molecular formula is C28H20N8O13S2. The van der Waals surface area contributed by atoms with E-state index in [-0.39, 0.29) is 16.9 Å². The number of benzene rings is 4. The number of phenols is 1. The van der Waals surface area contributed by atoms with Gasteiger partial charge in [0.2, 0.25) is 17.8 Å². The molecule has 0 unspecified atom stereocenters. The molecule has 10 N–H and O–H groups in total. The standard InChI is InChI=1S/C28H20N8O13S2/c29-26-32-27(30-14-6-12(23(38)39)5-13(7-14)24(40)41)34-28(33-26)31-18-10-15(50(44,45)46)8-11-9-19(51(47,48)49)21(22(37)20(11)18)36-35-17-4-2-1-3-16(17)25(42)43/h1-10,37H,(H,38,39)(H,40,41)(H,42,43)(H,44,45,46)(H,47,48,49)(H4,29,30,31,32,33,34)/b36-35+. The number of azo groups is 1. The number of phenolic OH excluding ortho intramolecular Hbond substituents is 1. The predicted molar refractivity (Wildman–Crippen MR) is 174 cm³/mol. The summed E-state index contributed by atoms with van der Waals surface area (Å²) in [6.45, 7) is 0. The van der Waals surface area contributed by atoms with Crippen LogP contribution in [0, 0.1) is 0 Å². The molecule has 0 saturated heterocycles. The van der Waals surface area contributed by atoms with E-state index < -0.39 is 105 Å². The number of hydrogen-bond acceptors (Lipinski definition) is 16. The van der Waals surface area contributed by atoms with Gasteiger partial charge in [-0.3, -0.25) is 9.11 Å². The molecule has 1 aromatic heterocycles. The minimum absolute atomic E-state index is 0.113. The molecule has 5 rings (SSSR count). The molecule has 0 aliphatic rings. The van der Waals surface area contributed by atoms with Gasteiger partial charge in [-0.25, -0.2) is 14.4 Å². The minimum Gasteiger partial charge on any atom is -0.505 e. The van der Waals surface area contributed by atoms with Gasteiger partial charge in [-0.05, 0) is 53.9 Å². The number of nitrogens with zero attached hydrogens (tertiary/aromatic N) is 5. The number of nitrogen functional groups attached to an aromatic ring is 1. The van der Waals surface area contributed by atoms with Crippen molar-refractivity contribution in [2.45, 2.75) is 9.79 Å². The lowest BCUT2D eigenvalue weighted by Gasteiger charge is -2.15. The lowest BCUT2D eigenvalue weighted by Crippen LogP contribution is -2.09. The summed E-state index contributed by atoms with van der Waals surface area (Å²) in [6.07, 6.45) is 0. The quantitative estimate of drug-likeness (QED) is 0.0686. The van der Waals surface area contributed by atoms with Crippen molar-refractivity contribution in [3.63, 3.8) is 0 Å². The van der Waals surface area contributed by atoms with Gasteiger partial charge in [0.25, 0.3) is 20.2 Å². The van der Waals surface area contributed by atoms with Gasteiger partial charge in [-0.2, -0.15) is 31.8 Å². The Hall–Kier alpha value is -6.82. The summed E-state index contributed by atoms with van der Waals surface area (Å²) in [5.41, 5.74) is 2.86. The Morgan fingerprint density at radius 2 is 1.33 bits per heavy atom. The summed E-state index contributed by atoms with van der Waals surface area (Å²) >= 11 is 0. The molecule has 23 heteroatoms. The molecule has 4 aromatic carbocycles. The molecular weight excluding hydrogens is 720 g/mol. The number of fused-ring (bicyclic) bond motifs is 1. The number of carbonyl (C=O) groups is 3. The summed E-state index contributed by atoms with van der Waals surface area (Å²) in [6, 6.07) is 10.4. The maximum Gasteiger partial charge on any atom is 0.337 e. The van der Waals surface area contributed by atoms with Gasteiger partial charge < -0.3 is 36.8 Å². The molecule has 262 valence electrons. The normalized spacial score (nSPS) is 11.8. The van der Waals surface area contributed by atoms with Gasteiger partial charge in [0.05, 0.1) is 27.3 Å². The first-order chi connectivity index (χ1) is 23.8. The smallest absolute Gasteiger partial charge is 0.337 e. The average molecular weight is 741 g/mol. The highest BCUT2D eigenvalue weighted by atomic mass is 32.2. The highest BCUT2D eigenvalue weighted by molar-refractivity contribution is 7.86. The molecule has 0 radical (unpaired) electrons. The second kappa shape index (κ2) is 13.2. The van der Waals surface area contributed by atoms with E-state index in [0.717, 1.165) is 36.4 Å². The van der Waals surface area contributed by atoms with Crippen LogP contribution >= 0.6 is 0 Å². The Balaban J connectivity index is 1.69. The van der Waals surface area contributed by atoms with Crippen LogP contribution in [0.1, 0.15) is 31.1 Å². The SMILES string of the molecule is Nc1nc(Nc2cc(C(=O)O)cc(C(=O)O)c2)nc(Nc2cc(S(=O)(=O)O)cc3cc(S(=O)(=O)O)c(/N=N/c4ccccc4C(=O)O)c(O)c23)n1. The van der Waals surface area contributed by atoms with Crippen molar-refractivity contribution in [3.8, 4) is 5.75 Å². The number of nitrogens with two attached hydrogens (primary N) is 1. The average Bonchev–Trinajstić information content (AvgIpc) is 3.02. The summed E-state index contributed by atoms with van der Waals surface area (Å²) in [5, 5.41) is 51.3. The first-order valence-electron chi connectivity index (χ1n) is 13.5. The van der Waals surface area contributed by atoms with Gasteiger partial charge in [0, 0.05) is 11.1 Å². The van der Waals surface area contributed by atoms with Crippen LogP contribution in [-0.4, -0.2) is 79.2 Å². The van der Waals surface area contributed by atoms with Crippen molar-refractivity contribution in [3.05, 3.63) is 77.4 Å². The minimum atomic E-state index is -5.25. The Morgan fingerprint density at radius 3 is 1.90 bits per heavy atom. The van der Waals surface area contributed by atoms with E-state index in [1.807, 2.05) is 0 Å². The molecule has 0 aliphatic carbocycles. The molecule has 0 fully saturated rings. The van der Waals surface area contributed by atoms with Crippen molar-refractivity contribution in [2.24, 2.45) is 10.2 Å². The lowest BCUT2D eigenvalue weighted by molar-refractivity contribution is 0.0682. The van der Waals surface area contributed by atoms with Crippen molar-refractivity contribution < 1.29 is 60.8 Å². The summed E-state index contributed by atoms with van der Waals surface area (Å²) in [4.78, 5) is 44.5. The van der Waals surface area contributed by atoms with E-state index >= 15 is 0 Å². The molecule has 0 spiro atoms. The monoisotopic (exact) mass is 740 g/mol. The third kappa shape index (κ3) is 7.75. The molecule has 0 atom stereocenters. The Bertz CT molecular complexity index is 2530. The van der Waals surface area contributed by atoms with Crippen molar-refractivity contribution >= 4 is 89.5 Å². The van der Waals surface area contributed by atoms with Crippen molar-refractivity contribution in [1.82, 2.24) is 15.0 Å². The largest absolute Gasteiger partial charge is 0.505 e. The van der Waals surface area contributed by atoms with Gasteiger partial charge >= 0.3 is 17.9 Å². The lowest BCUT2D eigenvalue weighted by atomic mass is 10.1. The van der Waals surface area contributed by atoms with E-state index in [2.05, 4.69) is 35.8 Å². The molecule has 0 bridgehead atoms. The van der Waals surface area contributed by atoms with Crippen LogP contribution in [0.2, 0.25) is 0 Å². The van der Waals surface area contributed by atoms with E-state index in [9.17, 15) is 60.8 Å². The topological polar surface area (TPSA) is 354 Å². The van der Waals surface area contributed by atoms with Crippen molar-refractivity contribution in [2.75, 3.05) is 16.4 Å². The molecule has 1 heterocycles. The van der Waals surface area contributed by atoms with Gasteiger partial charge in [0.15, 0.2) is 5.75 Å². The third-order valence-corrected chi connectivity index (χ3v) is 8.37. The Kier molecular flexibility index (Phi) is 9.21. The first-order valence-corrected chi connectivity index (χ1v) is 16.4. The third-order valence-electron chi connectivity index (χ3n) is 6.67. The van der Waals surface area contributed by atoms with Gasteiger partial charge in [-0.1, -0.05) is 12.1 Å².